The van der Waals surface area contributed by atoms with Crippen LogP contribution >= 0.6 is 0 Å². The van der Waals surface area contributed by atoms with E-state index < -0.39 is 0 Å². The molecule has 0 bridgehead atoms. The summed E-state index contributed by atoms with van der Waals surface area (Å²) >= 11 is 0. The van der Waals surface area contributed by atoms with Gasteiger partial charge in [0.05, 0.1) is 6.04 Å². The zero-order valence-electron chi connectivity index (χ0n) is 17.4. The monoisotopic (exact) mass is 397 g/mol. The number of aromatic nitrogens is 5. The average molecular weight is 398 g/mol. The van der Waals surface area contributed by atoms with Gasteiger partial charge in [0.2, 0.25) is 5.82 Å². The van der Waals surface area contributed by atoms with Crippen LogP contribution in [0, 0.1) is 0 Å². The van der Waals surface area contributed by atoms with E-state index >= 15 is 0 Å². The number of fused-ring (bicyclic) bond motifs is 1. The van der Waals surface area contributed by atoms with E-state index in [2.05, 4.69) is 80.6 Å². The number of rotatable bonds is 6. The third-order valence-corrected chi connectivity index (χ3v) is 6.22. The molecule has 1 N–H and O–H groups in total. The van der Waals surface area contributed by atoms with Crippen LogP contribution < -0.4 is 0 Å². The van der Waals surface area contributed by atoms with Crippen LogP contribution in [-0.4, -0.2) is 25.2 Å². The summed E-state index contributed by atoms with van der Waals surface area (Å²) in [5, 5.41) is 14.6. The number of benzene rings is 2. The third kappa shape index (κ3) is 3.45. The third-order valence-electron chi connectivity index (χ3n) is 6.22. The minimum absolute atomic E-state index is 0.442. The molecule has 0 aliphatic carbocycles. The minimum Gasteiger partial charge on any atom is -0.341 e. The Balaban J connectivity index is 1.48. The van der Waals surface area contributed by atoms with Gasteiger partial charge in [-0.25, -0.2) is 0 Å². The largest absolute Gasteiger partial charge is 0.341 e. The number of aryl methyl sites for hydroxylation is 2. The molecule has 5 heteroatoms. The molecule has 30 heavy (non-hydrogen) atoms. The first-order valence-corrected chi connectivity index (χ1v) is 11.0. The maximum atomic E-state index is 4.17. The fourth-order valence-corrected chi connectivity index (χ4v) is 4.72. The van der Waals surface area contributed by atoms with Crippen molar-refractivity contribution in [1.29, 1.82) is 0 Å². The van der Waals surface area contributed by atoms with Crippen LogP contribution in [0.1, 0.15) is 55.6 Å². The van der Waals surface area contributed by atoms with Gasteiger partial charge in [-0.1, -0.05) is 61.9 Å². The number of H-pyrrole nitrogens is 1. The molecule has 152 valence electrons. The summed E-state index contributed by atoms with van der Waals surface area (Å²) in [4.78, 5) is 0. The molecule has 0 fully saturated rings. The number of nitrogens with one attached hydrogen (secondary N) is 1. The first-order valence-electron chi connectivity index (χ1n) is 11.0. The fourth-order valence-electron chi connectivity index (χ4n) is 4.72. The molecule has 4 aromatic rings. The van der Waals surface area contributed by atoms with E-state index in [1.807, 2.05) is 12.1 Å². The van der Waals surface area contributed by atoms with Gasteiger partial charge >= 0.3 is 0 Å². The van der Waals surface area contributed by atoms with E-state index in [0.29, 0.717) is 11.9 Å². The molecule has 0 saturated heterocycles. The quantitative estimate of drug-likeness (QED) is 0.460. The normalized spacial score (nSPS) is 15.8. The van der Waals surface area contributed by atoms with Gasteiger partial charge in [0.15, 0.2) is 0 Å². The van der Waals surface area contributed by atoms with Crippen molar-refractivity contribution in [1.82, 2.24) is 25.2 Å². The number of unbranched alkanes of at least 4 members (excludes halogenated alkanes) is 1. The van der Waals surface area contributed by atoms with Crippen molar-refractivity contribution in [3.05, 3.63) is 77.6 Å². The maximum Gasteiger partial charge on any atom is 0.205 e. The van der Waals surface area contributed by atoms with Crippen molar-refractivity contribution >= 4 is 0 Å². The number of hydrogen-bond acceptors (Lipinski definition) is 3. The van der Waals surface area contributed by atoms with E-state index in [1.54, 1.807) is 0 Å². The zero-order chi connectivity index (χ0) is 20.3. The van der Waals surface area contributed by atoms with Crippen LogP contribution in [0.2, 0.25) is 0 Å². The predicted molar refractivity (Wildman–Crippen MR) is 119 cm³/mol. The summed E-state index contributed by atoms with van der Waals surface area (Å²) in [6.45, 7) is 2.27. The van der Waals surface area contributed by atoms with Crippen molar-refractivity contribution in [2.24, 2.45) is 0 Å². The van der Waals surface area contributed by atoms with Crippen LogP contribution in [0.5, 0.6) is 0 Å². The van der Waals surface area contributed by atoms with Gasteiger partial charge in [0.25, 0.3) is 0 Å². The highest BCUT2D eigenvalue weighted by molar-refractivity contribution is 5.80. The summed E-state index contributed by atoms with van der Waals surface area (Å²) in [6, 6.07) is 22.4. The van der Waals surface area contributed by atoms with Gasteiger partial charge in [-0.15, -0.1) is 10.2 Å². The highest BCUT2D eigenvalue weighted by Crippen LogP contribution is 2.35. The smallest absolute Gasteiger partial charge is 0.205 e. The molecule has 0 spiro atoms. The molecule has 3 heterocycles. The lowest BCUT2D eigenvalue weighted by Gasteiger charge is -2.29. The van der Waals surface area contributed by atoms with E-state index in [1.165, 1.54) is 61.0 Å². The van der Waals surface area contributed by atoms with E-state index in [9.17, 15) is 0 Å². The zero-order valence-corrected chi connectivity index (χ0v) is 17.4. The van der Waals surface area contributed by atoms with Crippen molar-refractivity contribution in [3.63, 3.8) is 0 Å². The Morgan fingerprint density at radius 2 is 1.83 bits per heavy atom. The summed E-state index contributed by atoms with van der Waals surface area (Å²) in [5.41, 5.74) is 7.66. The molecule has 1 unspecified atom stereocenters. The van der Waals surface area contributed by atoms with Gasteiger partial charge in [-0.05, 0) is 66.1 Å². The Morgan fingerprint density at radius 1 is 1.00 bits per heavy atom. The van der Waals surface area contributed by atoms with Crippen molar-refractivity contribution in [2.45, 2.75) is 51.5 Å². The number of tetrazole rings is 1. The number of hydrogen-bond donors (Lipinski definition) is 1. The second-order valence-electron chi connectivity index (χ2n) is 8.10. The van der Waals surface area contributed by atoms with E-state index in [0.717, 1.165) is 11.1 Å². The fraction of sp³-hybridized carbons (Fsp3) is 0.320. The van der Waals surface area contributed by atoms with Crippen LogP contribution in [0.15, 0.2) is 60.7 Å². The summed E-state index contributed by atoms with van der Waals surface area (Å²) in [5.74, 6) is 0.625. The first kappa shape index (κ1) is 18.8. The summed E-state index contributed by atoms with van der Waals surface area (Å²) in [6.07, 6.45) is 7.31. The Labute approximate surface area is 177 Å². The van der Waals surface area contributed by atoms with E-state index in [-0.39, 0.29) is 0 Å². The summed E-state index contributed by atoms with van der Waals surface area (Å²) < 4.78 is 2.61. The van der Waals surface area contributed by atoms with Crippen molar-refractivity contribution in [3.8, 4) is 22.5 Å². The molecule has 5 rings (SSSR count). The molecule has 5 nitrogen and oxygen atoms in total. The molecule has 1 atom stereocenters. The number of aromatic amines is 1. The second kappa shape index (κ2) is 8.27. The summed E-state index contributed by atoms with van der Waals surface area (Å²) in [7, 11) is 0. The van der Waals surface area contributed by atoms with Crippen molar-refractivity contribution in [2.75, 3.05) is 0 Å². The first-order chi connectivity index (χ1) is 14.8. The molecule has 0 saturated carbocycles. The average Bonchev–Trinajstić information content (AvgIpc) is 3.48. The Morgan fingerprint density at radius 3 is 2.60 bits per heavy atom. The van der Waals surface area contributed by atoms with E-state index in [4.69, 9.17) is 0 Å². The molecular formula is C25H27N5. The number of nitrogens with zero attached hydrogens (tertiary/aromatic N) is 4. The standard InChI is InChI=1S/C25H27N5/c1-2-3-7-20-16-17-21-8-6-11-24(30(20)21)19-14-12-18(13-15-19)22-9-4-5-10-23(22)25-26-28-29-27-25/h4-5,9-10,12-17,24H,2-3,6-8,11H2,1H3,(H,26,27,28,29). The molecule has 2 aromatic heterocycles. The molecule has 1 aliphatic heterocycles. The SMILES string of the molecule is CCCCc1ccc2n1C(c1ccc(-c3ccccc3-c3nn[nH]n3)cc1)CCC2. The van der Waals surface area contributed by atoms with Crippen LogP contribution in [0.25, 0.3) is 22.5 Å². The predicted octanol–water partition coefficient (Wildman–Crippen LogP) is 5.60. The van der Waals surface area contributed by atoms with Gasteiger partial charge in [-0.3, -0.25) is 0 Å². The molecule has 2 aromatic carbocycles. The highest BCUT2D eigenvalue weighted by atomic mass is 15.5. The van der Waals surface area contributed by atoms with Crippen LogP contribution in [0.3, 0.4) is 0 Å². The van der Waals surface area contributed by atoms with Gasteiger partial charge in [0.1, 0.15) is 0 Å². The maximum absolute atomic E-state index is 4.17. The van der Waals surface area contributed by atoms with Gasteiger partial charge < -0.3 is 4.57 Å². The second-order valence-corrected chi connectivity index (χ2v) is 8.10. The lowest BCUT2D eigenvalue weighted by molar-refractivity contribution is 0.444. The Hall–Kier alpha value is -3.21. The Kier molecular flexibility index (Phi) is 5.18. The van der Waals surface area contributed by atoms with Crippen LogP contribution in [-0.2, 0) is 12.8 Å². The molecule has 1 aliphatic rings. The molecule has 0 radical (unpaired) electrons. The highest BCUT2D eigenvalue weighted by Gasteiger charge is 2.23. The molecular weight excluding hydrogens is 370 g/mol. The topological polar surface area (TPSA) is 59.4 Å². The van der Waals surface area contributed by atoms with Crippen LogP contribution in [0.4, 0.5) is 0 Å². The van der Waals surface area contributed by atoms with Crippen molar-refractivity contribution < 1.29 is 0 Å². The minimum atomic E-state index is 0.442. The Bertz CT molecular complexity index is 1110. The van der Waals surface area contributed by atoms with Gasteiger partial charge in [0, 0.05) is 17.0 Å². The lowest BCUT2D eigenvalue weighted by Crippen LogP contribution is -2.20. The lowest BCUT2D eigenvalue weighted by atomic mass is 9.93. The molecule has 0 amide bonds. The van der Waals surface area contributed by atoms with Gasteiger partial charge in [-0.2, -0.15) is 5.21 Å².